The highest BCUT2D eigenvalue weighted by molar-refractivity contribution is 5.88. The van der Waals surface area contributed by atoms with Gasteiger partial charge in [0.2, 0.25) is 11.8 Å². The molecular formula is C28H40N4O3. The number of amides is 2. The second kappa shape index (κ2) is 14.5. The first-order chi connectivity index (χ1) is 17.1. The summed E-state index contributed by atoms with van der Waals surface area (Å²) in [6, 6.07) is 11.0. The zero-order valence-electron chi connectivity index (χ0n) is 20.9. The molecule has 1 heterocycles. The summed E-state index contributed by atoms with van der Waals surface area (Å²) in [6.45, 7) is 3.91. The van der Waals surface area contributed by atoms with Crippen LogP contribution in [0.2, 0.25) is 0 Å². The summed E-state index contributed by atoms with van der Waals surface area (Å²) < 4.78 is 5.85. The number of aromatic nitrogens is 1. The Hall–Kier alpha value is -2.93. The number of hydrogen-bond donors (Lipinski definition) is 3. The highest BCUT2D eigenvalue weighted by Gasteiger charge is 2.29. The van der Waals surface area contributed by atoms with Crippen LogP contribution in [0.3, 0.4) is 0 Å². The number of nitrogens with one attached hydrogen (secondary N) is 2. The molecule has 1 aliphatic rings. The fourth-order valence-electron chi connectivity index (χ4n) is 4.47. The number of ether oxygens (including phenoxy) is 1. The van der Waals surface area contributed by atoms with Crippen LogP contribution in [0.15, 0.2) is 48.8 Å². The lowest BCUT2D eigenvalue weighted by Crippen LogP contribution is -2.50. The van der Waals surface area contributed by atoms with E-state index in [1.165, 1.54) is 0 Å². The Kier molecular flexibility index (Phi) is 11.0. The summed E-state index contributed by atoms with van der Waals surface area (Å²) in [5.74, 6) is 1.08. The molecule has 0 spiro atoms. The van der Waals surface area contributed by atoms with Gasteiger partial charge in [-0.05, 0) is 80.0 Å². The maximum atomic E-state index is 13.0. The van der Waals surface area contributed by atoms with Gasteiger partial charge in [0.1, 0.15) is 18.4 Å². The van der Waals surface area contributed by atoms with Gasteiger partial charge in [-0.25, -0.2) is 0 Å². The number of benzene rings is 1. The van der Waals surface area contributed by atoms with Crippen molar-refractivity contribution in [1.82, 2.24) is 15.6 Å². The van der Waals surface area contributed by atoms with Crippen molar-refractivity contribution in [2.45, 2.75) is 70.9 Å². The zero-order valence-corrected chi connectivity index (χ0v) is 20.9. The highest BCUT2D eigenvalue weighted by atomic mass is 16.5. The van der Waals surface area contributed by atoms with Crippen LogP contribution in [-0.2, 0) is 22.6 Å². The number of rotatable bonds is 13. The third kappa shape index (κ3) is 8.98. The monoisotopic (exact) mass is 480 g/mol. The van der Waals surface area contributed by atoms with E-state index in [-0.39, 0.29) is 17.7 Å². The highest BCUT2D eigenvalue weighted by Crippen LogP contribution is 2.28. The van der Waals surface area contributed by atoms with Gasteiger partial charge in [0.15, 0.2) is 0 Å². The topological polar surface area (TPSA) is 106 Å². The summed E-state index contributed by atoms with van der Waals surface area (Å²) in [5.41, 5.74) is 7.82. The summed E-state index contributed by atoms with van der Waals surface area (Å²) >= 11 is 0. The quantitative estimate of drug-likeness (QED) is 0.379. The average molecular weight is 481 g/mol. The van der Waals surface area contributed by atoms with Crippen LogP contribution in [0, 0.1) is 11.8 Å². The lowest BCUT2D eigenvalue weighted by molar-refractivity contribution is -0.131. The number of hydrogen-bond acceptors (Lipinski definition) is 5. The molecule has 0 radical (unpaired) electrons. The van der Waals surface area contributed by atoms with Crippen molar-refractivity contribution in [3.8, 4) is 5.75 Å². The molecule has 1 atom stereocenters. The number of unbranched alkanes of at least 4 members (excludes halogenated alkanes) is 2. The third-order valence-electron chi connectivity index (χ3n) is 6.78. The third-order valence-corrected chi connectivity index (χ3v) is 6.78. The fourth-order valence-corrected chi connectivity index (χ4v) is 4.47. The molecule has 3 rings (SSSR count). The van der Waals surface area contributed by atoms with Gasteiger partial charge in [-0.3, -0.25) is 14.6 Å². The number of nitrogens with two attached hydrogens (primary N) is 1. The number of carbonyl (C=O) groups is 2. The second-order valence-corrected chi connectivity index (χ2v) is 9.50. The summed E-state index contributed by atoms with van der Waals surface area (Å²) in [4.78, 5) is 30.0. The van der Waals surface area contributed by atoms with Crippen LogP contribution in [-0.4, -0.2) is 35.9 Å². The number of carbonyl (C=O) groups excluding carboxylic acids is 2. The van der Waals surface area contributed by atoms with Crippen molar-refractivity contribution in [3.63, 3.8) is 0 Å². The Morgan fingerprint density at radius 2 is 1.74 bits per heavy atom. The molecule has 0 bridgehead atoms. The van der Waals surface area contributed by atoms with Crippen LogP contribution in [0.1, 0.15) is 63.0 Å². The van der Waals surface area contributed by atoms with Gasteiger partial charge in [0.05, 0.1) is 0 Å². The molecule has 0 saturated heterocycles. The fraction of sp³-hybridized carbons (Fsp3) is 0.536. The summed E-state index contributed by atoms with van der Waals surface area (Å²) in [7, 11) is 0. The molecule has 0 aliphatic heterocycles. The van der Waals surface area contributed by atoms with E-state index in [0.717, 1.165) is 61.8 Å². The molecule has 0 unspecified atom stereocenters. The molecule has 1 aromatic carbocycles. The molecule has 1 fully saturated rings. The van der Waals surface area contributed by atoms with Crippen molar-refractivity contribution in [3.05, 3.63) is 59.9 Å². The second-order valence-electron chi connectivity index (χ2n) is 9.50. The summed E-state index contributed by atoms with van der Waals surface area (Å²) in [5, 5.41) is 6.06. The Labute approximate surface area is 209 Å². The lowest BCUT2D eigenvalue weighted by Gasteiger charge is -2.28. The molecular weight excluding hydrogens is 440 g/mol. The Morgan fingerprint density at radius 3 is 2.40 bits per heavy atom. The van der Waals surface area contributed by atoms with Crippen molar-refractivity contribution < 1.29 is 14.3 Å². The van der Waals surface area contributed by atoms with Gasteiger partial charge in [-0.2, -0.15) is 0 Å². The molecule has 190 valence electrons. The standard InChI is InChI=1S/C28H40N4O3/c1-2-3-4-15-31-28(34)26(32-27(33)24-9-5-22(19-29)6-10-24)18-21-7-11-25(12-8-21)35-20-23-13-16-30-17-14-23/h7-8,11-14,16-17,22,24,26H,2-6,9-10,15,18-20,29H2,1H3,(H,31,34)(H,32,33)/t22?,24?,26-/m0/s1. The van der Waals surface area contributed by atoms with E-state index < -0.39 is 6.04 Å². The van der Waals surface area contributed by atoms with Crippen LogP contribution in [0.5, 0.6) is 5.75 Å². The van der Waals surface area contributed by atoms with Gasteiger partial charge < -0.3 is 21.1 Å². The van der Waals surface area contributed by atoms with Crippen LogP contribution in [0.25, 0.3) is 0 Å². The van der Waals surface area contributed by atoms with Crippen LogP contribution >= 0.6 is 0 Å². The van der Waals surface area contributed by atoms with Gasteiger partial charge in [0.25, 0.3) is 0 Å². The molecule has 7 nitrogen and oxygen atoms in total. The van der Waals surface area contributed by atoms with E-state index in [0.29, 0.717) is 32.0 Å². The molecule has 4 N–H and O–H groups in total. The predicted molar refractivity (Wildman–Crippen MR) is 138 cm³/mol. The molecule has 2 amide bonds. The van der Waals surface area contributed by atoms with E-state index in [1.807, 2.05) is 36.4 Å². The molecule has 35 heavy (non-hydrogen) atoms. The van der Waals surface area contributed by atoms with Crippen molar-refractivity contribution >= 4 is 11.8 Å². The first-order valence-electron chi connectivity index (χ1n) is 13.0. The Balaban J connectivity index is 1.58. The van der Waals surface area contributed by atoms with E-state index >= 15 is 0 Å². The molecule has 1 saturated carbocycles. The minimum absolute atomic E-state index is 0.0218. The molecule has 1 aliphatic carbocycles. The molecule has 2 aromatic rings. The van der Waals surface area contributed by atoms with E-state index in [9.17, 15) is 9.59 Å². The van der Waals surface area contributed by atoms with E-state index in [4.69, 9.17) is 10.5 Å². The Morgan fingerprint density at radius 1 is 1.03 bits per heavy atom. The first-order valence-corrected chi connectivity index (χ1v) is 13.0. The van der Waals surface area contributed by atoms with Gasteiger partial charge >= 0.3 is 0 Å². The minimum Gasteiger partial charge on any atom is -0.489 e. The number of nitrogens with zero attached hydrogens (tertiary/aromatic N) is 1. The van der Waals surface area contributed by atoms with Gasteiger partial charge in [-0.15, -0.1) is 0 Å². The predicted octanol–water partition coefficient (Wildman–Crippen LogP) is 3.76. The Bertz CT molecular complexity index is 896. The maximum Gasteiger partial charge on any atom is 0.242 e. The van der Waals surface area contributed by atoms with E-state index in [2.05, 4.69) is 22.5 Å². The normalized spacial score (nSPS) is 18.5. The van der Waals surface area contributed by atoms with Crippen molar-refractivity contribution in [1.29, 1.82) is 0 Å². The SMILES string of the molecule is CCCCCNC(=O)[C@H](Cc1ccc(OCc2ccncc2)cc1)NC(=O)C1CCC(CN)CC1. The first kappa shape index (κ1) is 26.7. The maximum absolute atomic E-state index is 13.0. The van der Waals surface area contributed by atoms with Crippen LogP contribution < -0.4 is 21.1 Å². The smallest absolute Gasteiger partial charge is 0.242 e. The average Bonchev–Trinajstić information content (AvgIpc) is 2.90. The summed E-state index contributed by atoms with van der Waals surface area (Å²) in [6.07, 6.45) is 10.7. The van der Waals surface area contributed by atoms with E-state index in [1.54, 1.807) is 12.4 Å². The zero-order chi connectivity index (χ0) is 24.9. The lowest BCUT2D eigenvalue weighted by atomic mass is 9.81. The van der Waals surface area contributed by atoms with Gasteiger partial charge in [-0.1, -0.05) is 31.9 Å². The number of pyridine rings is 1. The minimum atomic E-state index is -0.597. The van der Waals surface area contributed by atoms with Crippen molar-refractivity contribution in [2.24, 2.45) is 17.6 Å². The van der Waals surface area contributed by atoms with Gasteiger partial charge in [0, 0.05) is 31.3 Å². The van der Waals surface area contributed by atoms with Crippen molar-refractivity contribution in [2.75, 3.05) is 13.1 Å². The molecule has 1 aromatic heterocycles. The molecule has 7 heteroatoms. The largest absolute Gasteiger partial charge is 0.489 e. The van der Waals surface area contributed by atoms with Crippen LogP contribution in [0.4, 0.5) is 0 Å².